The van der Waals surface area contributed by atoms with E-state index >= 15 is 0 Å². The molecule has 1 N–H and O–H groups in total. The van der Waals surface area contributed by atoms with Crippen molar-refractivity contribution in [2.75, 3.05) is 22.5 Å². The van der Waals surface area contributed by atoms with Gasteiger partial charge in [0.1, 0.15) is 11.8 Å². The van der Waals surface area contributed by atoms with Gasteiger partial charge in [0.2, 0.25) is 15.9 Å². The topological polar surface area (TPSA) is 75.7 Å². The Balaban J connectivity index is 2.35. The van der Waals surface area contributed by atoms with E-state index in [-0.39, 0.29) is 5.91 Å². The van der Waals surface area contributed by atoms with Crippen LogP contribution < -0.4 is 14.4 Å². The number of nitrogens with zero attached hydrogens (tertiary/aromatic N) is 1. The number of rotatable bonds is 8. The molecule has 0 fully saturated rings. The summed E-state index contributed by atoms with van der Waals surface area (Å²) in [6.45, 7) is 8.07. The molecule has 1 atom stereocenters. The third-order valence-corrected chi connectivity index (χ3v) is 5.55. The molecule has 7 heteroatoms. The Morgan fingerprint density at radius 1 is 1.11 bits per heavy atom. The monoisotopic (exact) mass is 404 g/mol. The molecule has 0 unspecified atom stereocenters. The van der Waals surface area contributed by atoms with E-state index in [2.05, 4.69) is 5.32 Å². The molecule has 0 aromatic heterocycles. The zero-order chi connectivity index (χ0) is 20.9. The van der Waals surface area contributed by atoms with Gasteiger partial charge in [-0.25, -0.2) is 8.42 Å². The lowest BCUT2D eigenvalue weighted by atomic mass is 10.1. The molecule has 0 aliphatic heterocycles. The van der Waals surface area contributed by atoms with Gasteiger partial charge >= 0.3 is 0 Å². The van der Waals surface area contributed by atoms with Gasteiger partial charge in [0.05, 0.1) is 18.6 Å². The van der Waals surface area contributed by atoms with Crippen LogP contribution in [0.1, 0.15) is 31.4 Å². The zero-order valence-electron chi connectivity index (χ0n) is 17.0. The van der Waals surface area contributed by atoms with Crippen molar-refractivity contribution in [1.82, 2.24) is 0 Å². The largest absolute Gasteiger partial charge is 0.494 e. The SMILES string of the molecule is CCOc1ccc(N([C@H](CC)C(=O)Nc2ccc(C)cc2C)S(C)(=O)=O)cc1. The van der Waals surface area contributed by atoms with Crippen LogP contribution in [0, 0.1) is 13.8 Å². The Hall–Kier alpha value is -2.54. The molecule has 0 spiro atoms. The number of ether oxygens (including phenoxy) is 1. The Morgan fingerprint density at radius 3 is 2.25 bits per heavy atom. The number of carbonyl (C=O) groups is 1. The highest BCUT2D eigenvalue weighted by molar-refractivity contribution is 7.92. The first-order valence-corrected chi connectivity index (χ1v) is 11.1. The minimum Gasteiger partial charge on any atom is -0.494 e. The Kier molecular flexibility index (Phi) is 7.07. The van der Waals surface area contributed by atoms with E-state index in [1.807, 2.05) is 39.0 Å². The first-order chi connectivity index (χ1) is 13.2. The summed E-state index contributed by atoms with van der Waals surface area (Å²) in [5.74, 6) is 0.279. The lowest BCUT2D eigenvalue weighted by Crippen LogP contribution is -2.47. The molecule has 6 nitrogen and oxygen atoms in total. The number of amides is 1. The van der Waals surface area contributed by atoms with Crippen LogP contribution in [-0.4, -0.2) is 33.2 Å². The molecule has 28 heavy (non-hydrogen) atoms. The summed E-state index contributed by atoms with van der Waals surface area (Å²) in [4.78, 5) is 13.0. The van der Waals surface area contributed by atoms with Crippen LogP contribution in [-0.2, 0) is 14.8 Å². The van der Waals surface area contributed by atoms with E-state index in [1.54, 1.807) is 31.2 Å². The third-order valence-electron chi connectivity index (χ3n) is 4.37. The maximum Gasteiger partial charge on any atom is 0.248 e. The van der Waals surface area contributed by atoms with Crippen LogP contribution in [0.4, 0.5) is 11.4 Å². The van der Waals surface area contributed by atoms with Gasteiger partial charge in [-0.05, 0) is 63.1 Å². The van der Waals surface area contributed by atoms with Crippen molar-refractivity contribution in [3.63, 3.8) is 0 Å². The summed E-state index contributed by atoms with van der Waals surface area (Å²) >= 11 is 0. The normalized spacial score (nSPS) is 12.3. The number of nitrogens with one attached hydrogen (secondary N) is 1. The molecule has 0 saturated heterocycles. The second kappa shape index (κ2) is 9.10. The summed E-state index contributed by atoms with van der Waals surface area (Å²) < 4.78 is 31.6. The smallest absolute Gasteiger partial charge is 0.248 e. The molecule has 0 aliphatic rings. The molecule has 0 aliphatic carbocycles. The fraction of sp³-hybridized carbons (Fsp3) is 0.381. The van der Waals surface area contributed by atoms with Crippen LogP contribution in [0.5, 0.6) is 5.75 Å². The highest BCUT2D eigenvalue weighted by Gasteiger charge is 2.31. The summed E-state index contributed by atoms with van der Waals surface area (Å²) in [5, 5.41) is 2.87. The van der Waals surface area contributed by atoms with Crippen LogP contribution in [0.3, 0.4) is 0 Å². The zero-order valence-corrected chi connectivity index (χ0v) is 17.8. The first-order valence-electron chi connectivity index (χ1n) is 9.27. The minimum atomic E-state index is -3.68. The van der Waals surface area contributed by atoms with Gasteiger partial charge in [-0.3, -0.25) is 9.10 Å². The van der Waals surface area contributed by atoms with Crippen molar-refractivity contribution in [3.05, 3.63) is 53.6 Å². The summed E-state index contributed by atoms with van der Waals surface area (Å²) in [6.07, 6.45) is 1.44. The van der Waals surface area contributed by atoms with Crippen molar-refractivity contribution >= 4 is 27.3 Å². The summed E-state index contributed by atoms with van der Waals surface area (Å²) in [6, 6.07) is 11.5. The van der Waals surface area contributed by atoms with Crippen LogP contribution in [0.15, 0.2) is 42.5 Å². The van der Waals surface area contributed by atoms with Crippen molar-refractivity contribution in [1.29, 1.82) is 0 Å². The van der Waals surface area contributed by atoms with Crippen LogP contribution in [0.25, 0.3) is 0 Å². The van der Waals surface area contributed by atoms with Gasteiger partial charge in [-0.15, -0.1) is 0 Å². The molecule has 2 aromatic carbocycles. The average molecular weight is 405 g/mol. The van der Waals surface area contributed by atoms with Gasteiger partial charge in [0.25, 0.3) is 0 Å². The molecule has 152 valence electrons. The van der Waals surface area contributed by atoms with Crippen molar-refractivity contribution in [2.45, 2.75) is 40.2 Å². The Bertz CT molecular complexity index is 924. The van der Waals surface area contributed by atoms with E-state index in [4.69, 9.17) is 4.74 Å². The maximum atomic E-state index is 13.0. The van der Waals surface area contributed by atoms with E-state index in [0.29, 0.717) is 30.2 Å². The fourth-order valence-corrected chi connectivity index (χ4v) is 4.30. The lowest BCUT2D eigenvalue weighted by molar-refractivity contribution is -0.117. The first kappa shape index (κ1) is 21.8. The Morgan fingerprint density at radius 2 is 1.75 bits per heavy atom. The maximum absolute atomic E-state index is 13.0. The van der Waals surface area contributed by atoms with E-state index < -0.39 is 16.1 Å². The van der Waals surface area contributed by atoms with Gasteiger partial charge < -0.3 is 10.1 Å². The number of aryl methyl sites for hydroxylation is 2. The van der Waals surface area contributed by atoms with Crippen LogP contribution >= 0.6 is 0 Å². The molecule has 0 heterocycles. The predicted molar refractivity (Wildman–Crippen MR) is 114 cm³/mol. The summed E-state index contributed by atoms with van der Waals surface area (Å²) in [7, 11) is -3.68. The predicted octanol–water partition coefficient (Wildman–Crippen LogP) is 3.89. The molecule has 0 saturated carbocycles. The standard InChI is InChI=1S/C21H28N2O4S/c1-6-20(21(24)22-19-13-8-15(3)14-16(19)4)23(28(5,25)26)17-9-11-18(12-10-17)27-7-2/h8-14,20H,6-7H2,1-5H3,(H,22,24)/t20-/m1/s1. The van der Waals surface area contributed by atoms with Gasteiger partial charge in [-0.2, -0.15) is 0 Å². The summed E-state index contributed by atoms with van der Waals surface area (Å²) in [5.41, 5.74) is 3.12. The van der Waals surface area contributed by atoms with Gasteiger partial charge in [-0.1, -0.05) is 24.6 Å². The second-order valence-electron chi connectivity index (χ2n) is 6.72. The van der Waals surface area contributed by atoms with E-state index in [0.717, 1.165) is 17.4 Å². The molecule has 2 rings (SSSR count). The number of hydrogen-bond donors (Lipinski definition) is 1. The highest BCUT2D eigenvalue weighted by atomic mass is 32.2. The number of hydrogen-bond acceptors (Lipinski definition) is 4. The second-order valence-corrected chi connectivity index (χ2v) is 8.58. The number of anilines is 2. The average Bonchev–Trinajstić information content (AvgIpc) is 2.62. The van der Waals surface area contributed by atoms with E-state index in [1.165, 1.54) is 4.31 Å². The van der Waals surface area contributed by atoms with E-state index in [9.17, 15) is 13.2 Å². The van der Waals surface area contributed by atoms with Crippen LogP contribution in [0.2, 0.25) is 0 Å². The molecule has 0 radical (unpaired) electrons. The minimum absolute atomic E-state index is 0.330. The van der Waals surface area contributed by atoms with Crippen molar-refractivity contribution < 1.29 is 17.9 Å². The molecular formula is C21H28N2O4S. The van der Waals surface area contributed by atoms with Gasteiger partial charge in [0, 0.05) is 5.69 Å². The third kappa shape index (κ3) is 5.25. The molecular weight excluding hydrogens is 376 g/mol. The Labute approximate surface area is 167 Å². The van der Waals surface area contributed by atoms with Crippen molar-refractivity contribution in [3.8, 4) is 5.75 Å². The van der Waals surface area contributed by atoms with Crippen molar-refractivity contribution in [2.24, 2.45) is 0 Å². The highest BCUT2D eigenvalue weighted by Crippen LogP contribution is 2.26. The number of sulfonamides is 1. The molecule has 0 bridgehead atoms. The molecule has 1 amide bonds. The number of benzene rings is 2. The fourth-order valence-electron chi connectivity index (χ4n) is 3.09. The number of carbonyl (C=O) groups excluding carboxylic acids is 1. The molecule has 2 aromatic rings. The quantitative estimate of drug-likeness (QED) is 0.724. The lowest BCUT2D eigenvalue weighted by Gasteiger charge is -2.30. The van der Waals surface area contributed by atoms with Gasteiger partial charge in [0.15, 0.2) is 0 Å².